The molecule has 0 radical (unpaired) electrons. The summed E-state index contributed by atoms with van der Waals surface area (Å²) >= 11 is 0. The van der Waals surface area contributed by atoms with Crippen LogP contribution in [0.15, 0.2) is 71.8 Å². The summed E-state index contributed by atoms with van der Waals surface area (Å²) < 4.78 is 28.9. The van der Waals surface area contributed by atoms with Gasteiger partial charge < -0.3 is 0 Å². The molecule has 0 fully saturated rings. The monoisotopic (exact) mass is 338 g/mol. The molecule has 120 valence electrons. The van der Waals surface area contributed by atoms with E-state index in [1.54, 1.807) is 29.1 Å². The predicted molar refractivity (Wildman–Crippen MR) is 89.7 cm³/mol. The van der Waals surface area contributed by atoms with Gasteiger partial charge in [-0.15, -0.1) is 0 Å². The first-order chi connectivity index (χ1) is 11.6. The molecule has 2 aromatic carbocycles. The van der Waals surface area contributed by atoms with Crippen molar-refractivity contribution in [3.63, 3.8) is 0 Å². The van der Waals surface area contributed by atoms with E-state index in [-0.39, 0.29) is 16.3 Å². The van der Waals surface area contributed by atoms with Crippen molar-refractivity contribution in [2.24, 2.45) is 0 Å². The number of nitrogens with zero attached hydrogens (tertiary/aromatic N) is 3. The number of nitrogens with one attached hydrogen (secondary N) is 1. The van der Waals surface area contributed by atoms with Crippen LogP contribution in [0.1, 0.15) is 11.1 Å². The number of benzene rings is 2. The molecule has 3 aromatic rings. The van der Waals surface area contributed by atoms with Gasteiger partial charge >= 0.3 is 0 Å². The lowest BCUT2D eigenvalue weighted by Crippen LogP contribution is -2.15. The van der Waals surface area contributed by atoms with E-state index >= 15 is 0 Å². The quantitative estimate of drug-likeness (QED) is 0.774. The van der Waals surface area contributed by atoms with Gasteiger partial charge in [0.1, 0.15) is 11.0 Å². The van der Waals surface area contributed by atoms with Gasteiger partial charge in [-0.25, -0.2) is 8.42 Å². The minimum atomic E-state index is -3.86. The Morgan fingerprint density at radius 3 is 2.50 bits per heavy atom. The van der Waals surface area contributed by atoms with E-state index in [1.165, 1.54) is 12.1 Å². The Balaban J connectivity index is 1.80. The van der Waals surface area contributed by atoms with Crippen molar-refractivity contribution in [1.29, 1.82) is 5.26 Å². The highest BCUT2D eigenvalue weighted by molar-refractivity contribution is 7.92. The highest BCUT2D eigenvalue weighted by Crippen LogP contribution is 2.18. The van der Waals surface area contributed by atoms with Gasteiger partial charge in [-0.2, -0.15) is 10.4 Å². The molecular weight excluding hydrogens is 324 g/mol. The summed E-state index contributed by atoms with van der Waals surface area (Å²) in [6.45, 7) is 0.539. The molecule has 3 rings (SSSR count). The van der Waals surface area contributed by atoms with Crippen LogP contribution >= 0.6 is 0 Å². The lowest BCUT2D eigenvalue weighted by Gasteiger charge is -2.07. The van der Waals surface area contributed by atoms with E-state index in [9.17, 15) is 8.42 Å². The minimum absolute atomic E-state index is 0.0647. The van der Waals surface area contributed by atoms with Crippen molar-refractivity contribution in [2.45, 2.75) is 11.4 Å². The number of rotatable bonds is 5. The minimum Gasteiger partial charge on any atom is -0.266 e. The average Bonchev–Trinajstić information content (AvgIpc) is 3.02. The van der Waals surface area contributed by atoms with Gasteiger partial charge in [-0.05, 0) is 17.7 Å². The smallest absolute Gasteiger partial charge is 0.264 e. The lowest BCUT2D eigenvalue weighted by molar-refractivity contribution is 0.600. The van der Waals surface area contributed by atoms with Gasteiger partial charge in [0.2, 0.25) is 0 Å². The van der Waals surface area contributed by atoms with Gasteiger partial charge in [-0.1, -0.05) is 42.5 Å². The zero-order chi connectivity index (χ0) is 17.0. The molecule has 6 nitrogen and oxygen atoms in total. The van der Waals surface area contributed by atoms with E-state index in [2.05, 4.69) is 9.82 Å². The Hall–Kier alpha value is -3.11. The fourth-order valence-corrected chi connectivity index (χ4v) is 3.42. The lowest BCUT2D eigenvalue weighted by atomic mass is 10.2. The largest absolute Gasteiger partial charge is 0.266 e. The second kappa shape index (κ2) is 6.56. The number of aromatic nitrogens is 2. The van der Waals surface area contributed by atoms with Crippen LogP contribution in [0.5, 0.6) is 0 Å². The summed E-state index contributed by atoms with van der Waals surface area (Å²) in [6, 6.07) is 19.2. The number of anilines is 1. The third-order valence-electron chi connectivity index (χ3n) is 3.36. The summed E-state index contributed by atoms with van der Waals surface area (Å²) in [5, 5.41) is 13.3. The molecule has 0 atom stereocenters. The maximum atomic E-state index is 12.4. The Kier molecular flexibility index (Phi) is 4.31. The molecule has 0 aliphatic rings. The maximum Gasteiger partial charge on any atom is 0.264 e. The number of sulfonamides is 1. The van der Waals surface area contributed by atoms with Crippen LogP contribution in [0.3, 0.4) is 0 Å². The van der Waals surface area contributed by atoms with Crippen LogP contribution in [0, 0.1) is 11.3 Å². The van der Waals surface area contributed by atoms with Crippen molar-refractivity contribution >= 4 is 15.8 Å². The third kappa shape index (κ3) is 3.45. The van der Waals surface area contributed by atoms with Crippen LogP contribution in [-0.4, -0.2) is 18.2 Å². The van der Waals surface area contributed by atoms with Crippen LogP contribution in [0.25, 0.3) is 0 Å². The fraction of sp³-hybridized carbons (Fsp3) is 0.0588. The van der Waals surface area contributed by atoms with E-state index in [0.717, 1.165) is 5.56 Å². The molecule has 24 heavy (non-hydrogen) atoms. The van der Waals surface area contributed by atoms with Crippen LogP contribution in [-0.2, 0) is 16.6 Å². The molecule has 1 heterocycles. The number of hydrogen-bond donors (Lipinski definition) is 1. The first kappa shape index (κ1) is 15.8. The Morgan fingerprint density at radius 1 is 1.04 bits per heavy atom. The van der Waals surface area contributed by atoms with Crippen molar-refractivity contribution in [3.05, 3.63) is 78.0 Å². The van der Waals surface area contributed by atoms with Gasteiger partial charge in [-0.3, -0.25) is 9.40 Å². The highest BCUT2D eigenvalue weighted by atomic mass is 32.2. The highest BCUT2D eigenvalue weighted by Gasteiger charge is 2.19. The first-order valence-electron chi connectivity index (χ1n) is 7.18. The number of hydrogen-bond acceptors (Lipinski definition) is 4. The summed E-state index contributed by atoms with van der Waals surface area (Å²) in [6.07, 6.45) is 1.70. The molecule has 1 aromatic heterocycles. The Bertz CT molecular complexity index is 989. The van der Waals surface area contributed by atoms with Gasteiger partial charge in [0.15, 0.2) is 5.82 Å². The number of nitriles is 1. The van der Waals surface area contributed by atoms with Crippen molar-refractivity contribution in [2.75, 3.05) is 4.72 Å². The second-order valence-electron chi connectivity index (χ2n) is 5.10. The molecule has 0 aliphatic heterocycles. The van der Waals surface area contributed by atoms with Crippen molar-refractivity contribution in [1.82, 2.24) is 9.78 Å². The molecule has 0 saturated carbocycles. The molecule has 0 bridgehead atoms. The van der Waals surface area contributed by atoms with Crippen LogP contribution < -0.4 is 4.72 Å². The second-order valence-corrected chi connectivity index (χ2v) is 6.75. The summed E-state index contributed by atoms with van der Waals surface area (Å²) in [5.74, 6) is 0.207. The molecular formula is C17H14N4O2S. The first-order valence-corrected chi connectivity index (χ1v) is 8.66. The fourth-order valence-electron chi connectivity index (χ4n) is 2.26. The van der Waals surface area contributed by atoms with Gasteiger partial charge in [0.25, 0.3) is 10.0 Å². The average molecular weight is 338 g/mol. The van der Waals surface area contributed by atoms with Crippen molar-refractivity contribution in [3.8, 4) is 6.07 Å². The Morgan fingerprint density at radius 2 is 1.75 bits per heavy atom. The van der Waals surface area contributed by atoms with E-state index in [0.29, 0.717) is 6.54 Å². The van der Waals surface area contributed by atoms with E-state index < -0.39 is 10.0 Å². The maximum absolute atomic E-state index is 12.4. The molecule has 0 aliphatic carbocycles. The molecule has 0 unspecified atom stereocenters. The molecule has 0 saturated heterocycles. The SMILES string of the molecule is N#Cc1ccccc1S(=O)(=O)Nc1ccn(Cc2ccccc2)n1. The van der Waals surface area contributed by atoms with Crippen LogP contribution in [0.4, 0.5) is 5.82 Å². The van der Waals surface area contributed by atoms with Gasteiger partial charge in [0.05, 0.1) is 12.1 Å². The van der Waals surface area contributed by atoms with E-state index in [4.69, 9.17) is 5.26 Å². The normalized spacial score (nSPS) is 11.0. The predicted octanol–water partition coefficient (Wildman–Crippen LogP) is 2.60. The summed E-state index contributed by atoms with van der Waals surface area (Å²) in [5.41, 5.74) is 1.15. The summed E-state index contributed by atoms with van der Waals surface area (Å²) in [4.78, 5) is -0.0647. The Labute approximate surface area is 140 Å². The zero-order valence-corrected chi connectivity index (χ0v) is 13.4. The molecule has 1 N–H and O–H groups in total. The van der Waals surface area contributed by atoms with Crippen molar-refractivity contribution < 1.29 is 8.42 Å². The third-order valence-corrected chi connectivity index (χ3v) is 4.78. The topological polar surface area (TPSA) is 87.8 Å². The summed E-state index contributed by atoms with van der Waals surface area (Å²) in [7, 11) is -3.86. The molecule has 0 spiro atoms. The molecule has 7 heteroatoms. The van der Waals surface area contributed by atoms with Gasteiger partial charge in [0, 0.05) is 12.3 Å². The standard InChI is InChI=1S/C17H14N4O2S/c18-12-15-8-4-5-9-16(15)24(22,23)20-17-10-11-21(19-17)13-14-6-2-1-3-7-14/h1-11H,13H2,(H,19,20). The molecule has 0 amide bonds. The van der Waals surface area contributed by atoms with Crippen LogP contribution in [0.2, 0.25) is 0 Å². The van der Waals surface area contributed by atoms with E-state index in [1.807, 2.05) is 36.4 Å². The zero-order valence-electron chi connectivity index (χ0n) is 12.6.